The number of carbonyl (C=O) groups is 1. The number of benzene rings is 1. The fourth-order valence-corrected chi connectivity index (χ4v) is 4.52. The van der Waals surface area contributed by atoms with Crippen molar-refractivity contribution in [2.75, 3.05) is 25.0 Å². The minimum Gasteiger partial charge on any atom is -0.369 e. The number of primary amides is 1. The third kappa shape index (κ3) is 4.63. The summed E-state index contributed by atoms with van der Waals surface area (Å²) in [4.78, 5) is 16.2. The SMILES string of the molecule is CCC(CNc1cc(C(F)(F)F)nc2cc(C(F)(F)F)nn12)(c1ccc(F)cc1)C1CN(C(N)=O)C1. The van der Waals surface area contributed by atoms with Crippen LogP contribution in [0.3, 0.4) is 0 Å². The van der Waals surface area contributed by atoms with Crippen LogP contribution in [0.2, 0.25) is 0 Å². The normalized spacial score (nSPS) is 16.6. The predicted octanol–water partition coefficient (Wildman–Crippen LogP) is 4.68. The maximum absolute atomic E-state index is 13.6. The predicted molar refractivity (Wildman–Crippen MR) is 114 cm³/mol. The van der Waals surface area contributed by atoms with E-state index in [9.17, 15) is 35.5 Å². The highest BCUT2D eigenvalue weighted by Crippen LogP contribution is 2.42. The second-order valence-electron chi connectivity index (χ2n) is 8.63. The summed E-state index contributed by atoms with van der Waals surface area (Å²) >= 11 is 0. The van der Waals surface area contributed by atoms with Gasteiger partial charge in [0.05, 0.1) is 0 Å². The average Bonchev–Trinajstić information content (AvgIpc) is 3.20. The molecular weight excluding hydrogens is 497 g/mol. The van der Waals surface area contributed by atoms with Crippen molar-refractivity contribution in [2.24, 2.45) is 11.7 Å². The van der Waals surface area contributed by atoms with Gasteiger partial charge >= 0.3 is 18.4 Å². The van der Waals surface area contributed by atoms with Crippen molar-refractivity contribution in [3.8, 4) is 0 Å². The van der Waals surface area contributed by atoms with Gasteiger partial charge in [0.2, 0.25) is 0 Å². The lowest BCUT2D eigenvalue weighted by molar-refractivity contribution is -0.142. The smallest absolute Gasteiger partial charge is 0.369 e. The van der Waals surface area contributed by atoms with Gasteiger partial charge in [0.25, 0.3) is 0 Å². The Bertz CT molecular complexity index is 1260. The molecule has 0 spiro atoms. The highest BCUT2D eigenvalue weighted by molar-refractivity contribution is 5.73. The van der Waals surface area contributed by atoms with E-state index in [4.69, 9.17) is 5.73 Å². The van der Waals surface area contributed by atoms with Gasteiger partial charge in [0.1, 0.15) is 11.6 Å². The van der Waals surface area contributed by atoms with Gasteiger partial charge in [-0.2, -0.15) is 36.0 Å². The summed E-state index contributed by atoms with van der Waals surface area (Å²) in [7, 11) is 0. The van der Waals surface area contributed by atoms with Gasteiger partial charge in [-0.1, -0.05) is 19.1 Å². The summed E-state index contributed by atoms with van der Waals surface area (Å²) in [6.45, 7) is 2.27. The van der Waals surface area contributed by atoms with Gasteiger partial charge in [-0.05, 0) is 24.1 Å². The number of anilines is 1. The Hall–Kier alpha value is -3.58. The van der Waals surface area contributed by atoms with Gasteiger partial charge in [0.15, 0.2) is 17.0 Å². The highest BCUT2D eigenvalue weighted by atomic mass is 19.4. The van der Waals surface area contributed by atoms with E-state index in [1.165, 1.54) is 29.2 Å². The summed E-state index contributed by atoms with van der Waals surface area (Å²) in [5.74, 6) is -1.06. The molecule has 14 heteroatoms. The number of halogens is 7. The molecular formula is C22H21F7N6O. The van der Waals surface area contributed by atoms with Crippen molar-refractivity contribution in [2.45, 2.75) is 31.1 Å². The summed E-state index contributed by atoms with van der Waals surface area (Å²) in [5, 5.41) is 6.24. The standard InChI is InChI=1S/C22H21F7N6O/c1-2-20(12-3-5-14(23)6-4-12,13-9-34(10-13)19(30)36)11-31-17-7-15(21(24,25)26)32-18-8-16(22(27,28)29)33-35(17)18/h3-8,13,31H,2,9-11H2,1H3,(H2,30,36). The maximum atomic E-state index is 13.6. The number of hydrogen-bond acceptors (Lipinski definition) is 4. The number of urea groups is 1. The zero-order valence-electron chi connectivity index (χ0n) is 18.8. The summed E-state index contributed by atoms with van der Waals surface area (Å²) in [5.41, 5.74) is 1.73. The lowest BCUT2D eigenvalue weighted by Crippen LogP contribution is -2.61. The first-order valence-corrected chi connectivity index (χ1v) is 10.8. The quantitative estimate of drug-likeness (QED) is 0.464. The van der Waals surface area contributed by atoms with Crippen LogP contribution in [0.5, 0.6) is 0 Å². The number of nitrogens with one attached hydrogen (secondary N) is 1. The number of rotatable bonds is 6. The first-order valence-electron chi connectivity index (χ1n) is 10.8. The van der Waals surface area contributed by atoms with E-state index in [-0.39, 0.29) is 31.4 Å². The molecule has 36 heavy (non-hydrogen) atoms. The van der Waals surface area contributed by atoms with E-state index in [0.29, 0.717) is 28.6 Å². The van der Waals surface area contributed by atoms with Gasteiger partial charge in [-0.3, -0.25) is 0 Å². The Morgan fingerprint density at radius 2 is 1.67 bits per heavy atom. The summed E-state index contributed by atoms with van der Waals surface area (Å²) in [6, 6.07) is 5.93. The van der Waals surface area contributed by atoms with Crippen molar-refractivity contribution in [1.29, 1.82) is 0 Å². The molecule has 1 saturated heterocycles. The molecule has 2 amide bonds. The second-order valence-corrected chi connectivity index (χ2v) is 8.63. The van der Waals surface area contributed by atoms with Gasteiger partial charge in [0, 0.05) is 43.1 Å². The van der Waals surface area contributed by atoms with Gasteiger partial charge in [-0.25, -0.2) is 14.2 Å². The highest BCUT2D eigenvalue weighted by Gasteiger charge is 2.46. The molecule has 4 rings (SSSR count). The lowest BCUT2D eigenvalue weighted by atomic mass is 9.65. The number of aromatic nitrogens is 3. The second kappa shape index (κ2) is 8.82. The number of carbonyl (C=O) groups excluding carboxylic acids is 1. The number of nitrogens with zero attached hydrogens (tertiary/aromatic N) is 4. The molecule has 1 fully saturated rings. The third-order valence-electron chi connectivity index (χ3n) is 6.62. The van der Waals surface area contributed by atoms with Crippen LogP contribution in [0.25, 0.3) is 5.65 Å². The van der Waals surface area contributed by atoms with Crippen LogP contribution < -0.4 is 11.1 Å². The zero-order chi connectivity index (χ0) is 26.5. The Labute approximate surface area is 200 Å². The van der Waals surface area contributed by atoms with Gasteiger partial charge in [-0.15, -0.1) is 0 Å². The minimum atomic E-state index is -4.92. The van der Waals surface area contributed by atoms with Crippen molar-refractivity contribution < 1.29 is 35.5 Å². The van der Waals surface area contributed by atoms with Crippen LogP contribution in [-0.4, -0.2) is 45.2 Å². The summed E-state index contributed by atoms with van der Waals surface area (Å²) < 4.78 is 94.3. The lowest BCUT2D eigenvalue weighted by Gasteiger charge is -2.50. The van der Waals surface area contributed by atoms with Crippen molar-refractivity contribution in [3.05, 3.63) is 59.2 Å². The van der Waals surface area contributed by atoms with Crippen molar-refractivity contribution in [3.63, 3.8) is 0 Å². The van der Waals surface area contributed by atoms with Crippen LogP contribution in [0, 0.1) is 11.7 Å². The molecule has 2 aromatic heterocycles. The van der Waals surface area contributed by atoms with E-state index >= 15 is 0 Å². The molecule has 1 atom stereocenters. The average molecular weight is 518 g/mol. The number of hydrogen-bond donors (Lipinski definition) is 2. The van der Waals surface area contributed by atoms with Gasteiger partial charge < -0.3 is 16.0 Å². The van der Waals surface area contributed by atoms with Crippen LogP contribution in [0.1, 0.15) is 30.3 Å². The Balaban J connectivity index is 1.76. The minimum absolute atomic E-state index is 0.0516. The first-order chi connectivity index (χ1) is 16.7. The Kier molecular flexibility index (Phi) is 6.25. The third-order valence-corrected chi connectivity index (χ3v) is 6.62. The molecule has 0 saturated carbocycles. The fourth-order valence-electron chi connectivity index (χ4n) is 4.52. The van der Waals surface area contributed by atoms with Crippen molar-refractivity contribution in [1.82, 2.24) is 19.5 Å². The molecule has 1 aromatic carbocycles. The number of fused-ring (bicyclic) bond motifs is 1. The zero-order valence-corrected chi connectivity index (χ0v) is 18.8. The fraction of sp³-hybridized carbons (Fsp3) is 0.409. The number of likely N-dealkylation sites (tertiary alicyclic amines) is 1. The van der Waals surface area contributed by atoms with Crippen LogP contribution in [0.15, 0.2) is 36.4 Å². The Morgan fingerprint density at radius 1 is 1.06 bits per heavy atom. The number of nitrogens with two attached hydrogens (primary N) is 1. The topological polar surface area (TPSA) is 88.6 Å². The monoisotopic (exact) mass is 518 g/mol. The molecule has 0 bridgehead atoms. The summed E-state index contributed by atoms with van der Waals surface area (Å²) in [6.07, 6.45) is -9.40. The first kappa shape index (κ1) is 25.5. The largest absolute Gasteiger partial charge is 0.435 e. The molecule has 7 nitrogen and oxygen atoms in total. The van der Waals surface area contributed by atoms with E-state index in [1.807, 2.05) is 6.92 Å². The molecule has 3 aromatic rings. The number of amides is 2. The van der Waals surface area contributed by atoms with Crippen LogP contribution >= 0.6 is 0 Å². The molecule has 0 aliphatic carbocycles. The molecule has 0 radical (unpaired) electrons. The van der Waals surface area contributed by atoms with Crippen LogP contribution in [-0.2, 0) is 17.8 Å². The van der Waals surface area contributed by atoms with E-state index < -0.39 is 46.7 Å². The number of alkyl halides is 6. The van der Waals surface area contributed by atoms with Crippen LogP contribution in [0.4, 0.5) is 41.3 Å². The molecule has 1 unspecified atom stereocenters. The van der Waals surface area contributed by atoms with E-state index in [0.717, 1.165) is 0 Å². The molecule has 1 aliphatic heterocycles. The Morgan fingerprint density at radius 3 is 2.19 bits per heavy atom. The van der Waals surface area contributed by atoms with E-state index in [2.05, 4.69) is 15.4 Å². The molecule has 1 aliphatic rings. The molecule has 3 N–H and O–H groups in total. The maximum Gasteiger partial charge on any atom is 0.435 e. The van der Waals surface area contributed by atoms with Crippen molar-refractivity contribution >= 4 is 17.5 Å². The van der Waals surface area contributed by atoms with E-state index in [1.54, 1.807) is 0 Å². The molecule has 3 heterocycles. The molecule has 194 valence electrons.